The molecule has 9 heteroatoms. The minimum atomic E-state index is -0.305. The Bertz CT molecular complexity index is 1090. The average molecular weight is 445 g/mol. The van der Waals surface area contributed by atoms with Crippen LogP contribution < -0.4 is 25.6 Å². The van der Waals surface area contributed by atoms with Gasteiger partial charge in [0.05, 0.1) is 14.2 Å². The van der Waals surface area contributed by atoms with Crippen LogP contribution in [0.3, 0.4) is 0 Å². The van der Waals surface area contributed by atoms with Crippen molar-refractivity contribution in [1.29, 1.82) is 0 Å². The third-order valence-corrected chi connectivity index (χ3v) is 5.70. The van der Waals surface area contributed by atoms with Crippen molar-refractivity contribution in [1.82, 2.24) is 14.0 Å². The van der Waals surface area contributed by atoms with Crippen molar-refractivity contribution in [3.8, 4) is 11.5 Å². The molecule has 0 N–H and O–H groups in total. The first-order valence-electron chi connectivity index (χ1n) is 10.8. The number of ether oxygens (including phenoxy) is 2. The van der Waals surface area contributed by atoms with Gasteiger partial charge in [0.15, 0.2) is 11.5 Å². The molecule has 32 heavy (non-hydrogen) atoms. The third kappa shape index (κ3) is 4.37. The molecule has 0 saturated carbocycles. The highest BCUT2D eigenvalue weighted by molar-refractivity contribution is 5.95. The minimum Gasteiger partial charge on any atom is -0.493 e. The molecule has 1 aromatic heterocycles. The lowest BCUT2D eigenvalue weighted by Crippen LogP contribution is -2.51. The normalized spacial score (nSPS) is 14.2. The van der Waals surface area contributed by atoms with Crippen LogP contribution in [0.4, 0.5) is 5.82 Å². The Hall–Kier alpha value is -3.23. The summed E-state index contributed by atoms with van der Waals surface area (Å²) in [6.45, 7) is 9.51. The third-order valence-electron chi connectivity index (χ3n) is 5.70. The van der Waals surface area contributed by atoms with E-state index in [4.69, 9.17) is 9.47 Å². The van der Waals surface area contributed by atoms with Crippen molar-refractivity contribution in [2.45, 2.75) is 39.8 Å². The van der Waals surface area contributed by atoms with E-state index in [1.807, 2.05) is 32.6 Å². The van der Waals surface area contributed by atoms with Crippen molar-refractivity contribution in [3.63, 3.8) is 0 Å². The predicted molar refractivity (Wildman–Crippen MR) is 123 cm³/mol. The lowest BCUT2D eigenvalue weighted by atomic mass is 10.1. The quantitative estimate of drug-likeness (QED) is 0.679. The van der Waals surface area contributed by atoms with E-state index in [9.17, 15) is 14.4 Å². The van der Waals surface area contributed by atoms with Crippen LogP contribution >= 0.6 is 0 Å². The molecule has 2 aromatic rings. The number of anilines is 1. The van der Waals surface area contributed by atoms with E-state index in [1.54, 1.807) is 34.8 Å². The highest BCUT2D eigenvalue weighted by Crippen LogP contribution is 2.28. The lowest BCUT2D eigenvalue weighted by molar-refractivity contribution is 0.0745. The molecule has 0 bridgehead atoms. The lowest BCUT2D eigenvalue weighted by Gasteiger charge is -2.37. The molecule has 3 rings (SSSR count). The first-order valence-corrected chi connectivity index (χ1v) is 10.8. The predicted octanol–water partition coefficient (Wildman–Crippen LogP) is 2.15. The molecule has 9 nitrogen and oxygen atoms in total. The number of benzene rings is 1. The number of methoxy groups -OCH3 is 2. The second-order valence-corrected chi connectivity index (χ2v) is 8.40. The van der Waals surface area contributed by atoms with Gasteiger partial charge < -0.3 is 19.3 Å². The fourth-order valence-corrected chi connectivity index (χ4v) is 4.05. The zero-order valence-electron chi connectivity index (χ0n) is 19.6. The highest BCUT2D eigenvalue weighted by atomic mass is 16.5. The molecule has 1 fully saturated rings. The molecule has 1 saturated heterocycles. The van der Waals surface area contributed by atoms with E-state index >= 15 is 0 Å². The first kappa shape index (κ1) is 23.4. The molecule has 1 aromatic carbocycles. The Kier molecular flexibility index (Phi) is 6.96. The molecule has 2 heterocycles. The van der Waals surface area contributed by atoms with Gasteiger partial charge >= 0.3 is 5.69 Å². The number of amides is 1. The number of aromatic nitrogens is 2. The summed E-state index contributed by atoms with van der Waals surface area (Å²) in [4.78, 5) is 42.4. The molecule has 0 radical (unpaired) electrons. The molecular formula is C23H32N4O5. The van der Waals surface area contributed by atoms with Crippen LogP contribution in [0.15, 0.2) is 33.9 Å². The Labute approximate surface area is 187 Å². The van der Waals surface area contributed by atoms with E-state index in [0.29, 0.717) is 49.1 Å². The van der Waals surface area contributed by atoms with Gasteiger partial charge in [-0.2, -0.15) is 0 Å². The molecule has 0 unspecified atom stereocenters. The van der Waals surface area contributed by atoms with Gasteiger partial charge in [0, 0.05) is 49.9 Å². The van der Waals surface area contributed by atoms with Crippen LogP contribution in [0.5, 0.6) is 11.5 Å². The second kappa shape index (κ2) is 9.50. The summed E-state index contributed by atoms with van der Waals surface area (Å²) in [7, 11) is 3.08. The van der Waals surface area contributed by atoms with Gasteiger partial charge in [0.1, 0.15) is 5.82 Å². The van der Waals surface area contributed by atoms with E-state index < -0.39 is 0 Å². The zero-order valence-corrected chi connectivity index (χ0v) is 19.6. The van der Waals surface area contributed by atoms with E-state index in [-0.39, 0.29) is 29.2 Å². The van der Waals surface area contributed by atoms with E-state index in [0.717, 1.165) is 0 Å². The van der Waals surface area contributed by atoms with Crippen molar-refractivity contribution >= 4 is 11.7 Å². The first-order chi connectivity index (χ1) is 15.2. The highest BCUT2D eigenvalue weighted by Gasteiger charge is 2.26. The molecule has 1 aliphatic rings. The van der Waals surface area contributed by atoms with Crippen molar-refractivity contribution in [2.24, 2.45) is 0 Å². The molecule has 1 aliphatic heterocycles. The second-order valence-electron chi connectivity index (χ2n) is 8.40. The summed E-state index contributed by atoms with van der Waals surface area (Å²) in [6.07, 6.45) is 0. The maximum Gasteiger partial charge on any atom is 0.333 e. The molecule has 174 valence electrons. The van der Waals surface area contributed by atoms with Crippen LogP contribution in [-0.2, 0) is 0 Å². The Morgan fingerprint density at radius 1 is 0.844 bits per heavy atom. The van der Waals surface area contributed by atoms with Crippen LogP contribution in [0.1, 0.15) is 50.1 Å². The Morgan fingerprint density at radius 2 is 1.44 bits per heavy atom. The number of carbonyl (C=O) groups is 1. The largest absolute Gasteiger partial charge is 0.493 e. The van der Waals surface area contributed by atoms with Gasteiger partial charge in [-0.05, 0) is 45.9 Å². The Balaban J connectivity index is 1.82. The van der Waals surface area contributed by atoms with Crippen molar-refractivity contribution < 1.29 is 14.3 Å². The number of carbonyl (C=O) groups excluding carboxylic acids is 1. The standard InChI is InChI=1S/C23H32N4O5/c1-15(2)26-20(14-21(28)27(16(3)4)23(26)30)24-9-11-25(12-10-24)22(29)17-7-8-18(31-5)19(13-17)32-6/h7-8,13-16H,9-12H2,1-6H3. The van der Waals surface area contributed by atoms with Gasteiger partial charge in [-0.15, -0.1) is 0 Å². The summed E-state index contributed by atoms with van der Waals surface area (Å²) in [5, 5.41) is 0. The average Bonchev–Trinajstić information content (AvgIpc) is 2.77. The zero-order chi connectivity index (χ0) is 23.6. The maximum atomic E-state index is 13.0. The van der Waals surface area contributed by atoms with Crippen molar-refractivity contribution in [2.75, 3.05) is 45.3 Å². The van der Waals surface area contributed by atoms with Gasteiger partial charge in [-0.1, -0.05) is 0 Å². The fourth-order valence-electron chi connectivity index (χ4n) is 4.05. The van der Waals surface area contributed by atoms with Gasteiger partial charge in [0.2, 0.25) is 0 Å². The Morgan fingerprint density at radius 3 is 1.97 bits per heavy atom. The number of rotatable bonds is 6. The minimum absolute atomic E-state index is 0.0953. The van der Waals surface area contributed by atoms with E-state index in [2.05, 4.69) is 0 Å². The SMILES string of the molecule is COc1ccc(C(=O)N2CCN(c3cc(=O)n(C(C)C)c(=O)n3C(C)C)CC2)cc1OC. The van der Waals surface area contributed by atoms with Crippen LogP contribution in [0, 0.1) is 0 Å². The summed E-state index contributed by atoms with van der Waals surface area (Å²) in [5.41, 5.74) is -0.0863. The molecule has 0 spiro atoms. The van der Waals surface area contributed by atoms with Crippen LogP contribution in [-0.4, -0.2) is 60.3 Å². The maximum absolute atomic E-state index is 13.0. The molecule has 1 amide bonds. The van der Waals surface area contributed by atoms with E-state index in [1.165, 1.54) is 17.7 Å². The van der Waals surface area contributed by atoms with Crippen molar-refractivity contribution in [3.05, 3.63) is 50.7 Å². The number of piperazine rings is 1. The molecule has 0 aliphatic carbocycles. The summed E-state index contributed by atoms with van der Waals surface area (Å²) in [5.74, 6) is 1.58. The number of hydrogen-bond acceptors (Lipinski definition) is 6. The number of hydrogen-bond donors (Lipinski definition) is 0. The smallest absolute Gasteiger partial charge is 0.333 e. The van der Waals surface area contributed by atoms with Gasteiger partial charge in [0.25, 0.3) is 11.5 Å². The van der Waals surface area contributed by atoms with Gasteiger partial charge in [-0.25, -0.2) is 4.79 Å². The van der Waals surface area contributed by atoms with Crippen LogP contribution in [0.25, 0.3) is 0 Å². The number of nitrogens with zero attached hydrogens (tertiary/aromatic N) is 4. The van der Waals surface area contributed by atoms with Gasteiger partial charge in [-0.3, -0.25) is 18.7 Å². The monoisotopic (exact) mass is 444 g/mol. The summed E-state index contributed by atoms with van der Waals surface area (Å²) in [6, 6.07) is 6.33. The topological polar surface area (TPSA) is 86.0 Å². The molecular weight excluding hydrogens is 412 g/mol. The molecule has 0 atom stereocenters. The van der Waals surface area contributed by atoms with Crippen LogP contribution in [0.2, 0.25) is 0 Å². The fraction of sp³-hybridized carbons (Fsp3) is 0.522. The summed E-state index contributed by atoms with van der Waals surface area (Å²) >= 11 is 0. The summed E-state index contributed by atoms with van der Waals surface area (Å²) < 4.78 is 13.5.